The van der Waals surface area contributed by atoms with E-state index in [1.807, 2.05) is 19.9 Å². The molecule has 0 radical (unpaired) electrons. The Hall–Kier alpha value is -3.84. The van der Waals surface area contributed by atoms with Crippen LogP contribution in [0.3, 0.4) is 0 Å². The number of aromatic nitrogens is 2. The number of rotatable bonds is 6. The molecule has 3 aromatic rings. The normalized spacial score (nSPS) is 17.2. The Labute approximate surface area is 200 Å². The van der Waals surface area contributed by atoms with Crippen molar-refractivity contribution in [2.24, 2.45) is 0 Å². The summed E-state index contributed by atoms with van der Waals surface area (Å²) in [6.45, 7) is 4.22. The second kappa shape index (κ2) is 9.19. The van der Waals surface area contributed by atoms with Crippen molar-refractivity contribution in [1.82, 2.24) is 20.2 Å². The highest BCUT2D eigenvalue weighted by Gasteiger charge is 2.41. The molecule has 0 saturated carbocycles. The molecule has 2 N–H and O–H groups in total. The van der Waals surface area contributed by atoms with Crippen molar-refractivity contribution >= 4 is 40.5 Å². The number of oxazole rings is 1. The molecule has 176 valence electrons. The van der Waals surface area contributed by atoms with E-state index in [4.69, 9.17) is 20.8 Å². The van der Waals surface area contributed by atoms with Crippen LogP contribution in [0, 0.1) is 11.3 Å². The number of piperazine rings is 1. The molecule has 1 aliphatic heterocycles. The minimum atomic E-state index is -0.882. The van der Waals surface area contributed by atoms with Crippen LogP contribution in [0.1, 0.15) is 36.3 Å². The zero-order valence-corrected chi connectivity index (χ0v) is 19.6. The van der Waals surface area contributed by atoms with E-state index in [-0.39, 0.29) is 30.5 Å². The molecule has 0 spiro atoms. The zero-order chi connectivity index (χ0) is 24.5. The van der Waals surface area contributed by atoms with Gasteiger partial charge in [0.05, 0.1) is 37.4 Å². The fourth-order valence-corrected chi connectivity index (χ4v) is 4.05. The molecule has 2 aromatic heterocycles. The van der Waals surface area contributed by atoms with Crippen molar-refractivity contribution in [2.45, 2.75) is 38.4 Å². The average molecular weight is 483 g/mol. The van der Waals surface area contributed by atoms with Gasteiger partial charge in [0.25, 0.3) is 11.9 Å². The van der Waals surface area contributed by atoms with Crippen molar-refractivity contribution in [3.63, 3.8) is 0 Å². The molecule has 2 amide bonds. The van der Waals surface area contributed by atoms with Crippen LogP contribution in [0.5, 0.6) is 5.75 Å². The number of fused-ring (bicyclic) bond motifs is 1. The number of ether oxygens (including phenoxy) is 1. The van der Waals surface area contributed by atoms with E-state index in [0.29, 0.717) is 34.1 Å². The molecule has 0 aliphatic carbocycles. The number of anilines is 1. The third kappa shape index (κ3) is 4.75. The Morgan fingerprint density at radius 1 is 1.44 bits per heavy atom. The smallest absolute Gasteiger partial charge is 0.296 e. The molecule has 0 bridgehead atoms. The third-order valence-corrected chi connectivity index (χ3v) is 5.61. The van der Waals surface area contributed by atoms with E-state index in [0.717, 1.165) is 0 Å². The first-order valence-electron chi connectivity index (χ1n) is 10.5. The Morgan fingerprint density at radius 3 is 2.94 bits per heavy atom. The molecule has 1 fully saturated rings. The quantitative estimate of drug-likeness (QED) is 0.547. The average Bonchev–Trinajstić information content (AvgIpc) is 3.21. The molecular weight excluding hydrogens is 460 g/mol. The zero-order valence-electron chi connectivity index (χ0n) is 18.9. The Balaban J connectivity index is 1.64. The predicted molar refractivity (Wildman–Crippen MR) is 124 cm³/mol. The summed E-state index contributed by atoms with van der Waals surface area (Å²) >= 11 is 6.00. The minimum Gasteiger partial charge on any atom is -0.493 e. The van der Waals surface area contributed by atoms with Crippen LogP contribution >= 0.6 is 11.6 Å². The van der Waals surface area contributed by atoms with Crippen LogP contribution in [0.4, 0.5) is 6.01 Å². The SMILES string of the molecule is COc1cc(C(=O)N2CC(C)(C)NC(=O)C2CC#N)cc2nc(NCc3cc(Cl)ccn3)oc12. The highest BCUT2D eigenvalue weighted by Crippen LogP contribution is 2.32. The molecule has 1 atom stereocenters. The lowest BCUT2D eigenvalue weighted by Gasteiger charge is -2.43. The van der Waals surface area contributed by atoms with Crippen LogP contribution < -0.4 is 15.4 Å². The van der Waals surface area contributed by atoms with Crippen molar-refractivity contribution in [3.05, 3.63) is 46.7 Å². The molecule has 1 saturated heterocycles. The molecule has 1 unspecified atom stereocenters. The van der Waals surface area contributed by atoms with Gasteiger partial charge in [-0.15, -0.1) is 0 Å². The number of carbonyl (C=O) groups is 2. The lowest BCUT2D eigenvalue weighted by Crippen LogP contribution is -2.65. The number of hydrogen-bond acceptors (Lipinski definition) is 8. The number of nitrogens with one attached hydrogen (secondary N) is 2. The van der Waals surface area contributed by atoms with Gasteiger partial charge in [0.15, 0.2) is 11.3 Å². The number of nitrogens with zero attached hydrogens (tertiary/aromatic N) is 4. The number of nitriles is 1. The summed E-state index contributed by atoms with van der Waals surface area (Å²) < 4.78 is 11.2. The first-order valence-corrected chi connectivity index (χ1v) is 10.9. The number of hydrogen-bond donors (Lipinski definition) is 2. The molecule has 3 heterocycles. The van der Waals surface area contributed by atoms with Crippen LogP contribution in [-0.4, -0.2) is 51.9 Å². The molecule has 10 nitrogen and oxygen atoms in total. The maximum atomic E-state index is 13.5. The summed E-state index contributed by atoms with van der Waals surface area (Å²) in [6.07, 6.45) is 1.50. The maximum absolute atomic E-state index is 13.5. The highest BCUT2D eigenvalue weighted by atomic mass is 35.5. The fourth-order valence-electron chi connectivity index (χ4n) is 3.87. The van der Waals surface area contributed by atoms with Gasteiger partial charge in [0.2, 0.25) is 5.91 Å². The molecular formula is C23H23ClN6O4. The van der Waals surface area contributed by atoms with E-state index < -0.39 is 17.5 Å². The maximum Gasteiger partial charge on any atom is 0.296 e. The number of methoxy groups -OCH3 is 1. The van der Waals surface area contributed by atoms with Gasteiger partial charge in [-0.1, -0.05) is 11.6 Å². The first kappa shape index (κ1) is 23.3. The van der Waals surface area contributed by atoms with Gasteiger partial charge in [0, 0.05) is 23.3 Å². The van der Waals surface area contributed by atoms with Crippen LogP contribution in [0.2, 0.25) is 5.02 Å². The van der Waals surface area contributed by atoms with Gasteiger partial charge < -0.3 is 24.7 Å². The van der Waals surface area contributed by atoms with E-state index in [1.165, 1.54) is 12.0 Å². The molecule has 1 aromatic carbocycles. The molecule has 34 heavy (non-hydrogen) atoms. The van der Waals surface area contributed by atoms with Crippen molar-refractivity contribution in [3.8, 4) is 11.8 Å². The highest BCUT2D eigenvalue weighted by molar-refractivity contribution is 6.30. The fraction of sp³-hybridized carbons (Fsp3) is 0.348. The summed E-state index contributed by atoms with van der Waals surface area (Å²) in [5, 5.41) is 15.6. The summed E-state index contributed by atoms with van der Waals surface area (Å²) in [5.41, 5.74) is 1.11. The Bertz CT molecular complexity index is 1300. The van der Waals surface area contributed by atoms with Crippen molar-refractivity contribution in [1.29, 1.82) is 5.26 Å². The van der Waals surface area contributed by atoms with Crippen LogP contribution in [0.25, 0.3) is 11.1 Å². The number of carbonyl (C=O) groups excluding carboxylic acids is 2. The summed E-state index contributed by atoms with van der Waals surface area (Å²) in [7, 11) is 1.46. The second-order valence-corrected chi connectivity index (χ2v) is 8.99. The van der Waals surface area contributed by atoms with Gasteiger partial charge in [-0.3, -0.25) is 14.6 Å². The standard InChI is InChI=1S/C23H23ClN6O4/c1-23(2)12-30(17(4-6-25)20(31)29-23)21(32)13-8-16-19(18(9-13)33-3)34-22(28-16)27-11-15-10-14(24)5-7-26-15/h5,7-10,17H,4,11-12H2,1-3H3,(H,27,28)(H,29,31). The van der Waals surface area contributed by atoms with Gasteiger partial charge in [0.1, 0.15) is 11.6 Å². The van der Waals surface area contributed by atoms with Gasteiger partial charge in [-0.05, 0) is 38.1 Å². The Morgan fingerprint density at radius 2 is 2.24 bits per heavy atom. The number of amides is 2. The lowest BCUT2D eigenvalue weighted by atomic mass is 9.96. The van der Waals surface area contributed by atoms with E-state index in [9.17, 15) is 14.9 Å². The lowest BCUT2D eigenvalue weighted by molar-refractivity contribution is -0.131. The largest absolute Gasteiger partial charge is 0.493 e. The number of benzene rings is 1. The molecule has 4 rings (SSSR count). The predicted octanol–water partition coefficient (Wildman–Crippen LogP) is 3.13. The topological polar surface area (TPSA) is 133 Å². The monoisotopic (exact) mass is 482 g/mol. The summed E-state index contributed by atoms with van der Waals surface area (Å²) in [4.78, 5) is 36.1. The van der Waals surface area contributed by atoms with Crippen molar-refractivity contribution in [2.75, 3.05) is 19.0 Å². The minimum absolute atomic E-state index is 0.109. The van der Waals surface area contributed by atoms with Gasteiger partial charge in [-0.25, -0.2) is 0 Å². The van der Waals surface area contributed by atoms with Gasteiger partial charge >= 0.3 is 0 Å². The van der Waals surface area contributed by atoms with E-state index in [2.05, 4.69) is 20.6 Å². The van der Waals surface area contributed by atoms with Gasteiger partial charge in [-0.2, -0.15) is 10.2 Å². The van der Waals surface area contributed by atoms with E-state index in [1.54, 1.807) is 30.5 Å². The van der Waals surface area contributed by atoms with Crippen LogP contribution in [-0.2, 0) is 11.3 Å². The van der Waals surface area contributed by atoms with Crippen LogP contribution in [0.15, 0.2) is 34.9 Å². The number of halogens is 1. The second-order valence-electron chi connectivity index (χ2n) is 8.55. The number of pyridine rings is 1. The third-order valence-electron chi connectivity index (χ3n) is 5.37. The molecule has 1 aliphatic rings. The Kier molecular flexibility index (Phi) is 6.30. The first-order chi connectivity index (χ1) is 16.2. The van der Waals surface area contributed by atoms with E-state index >= 15 is 0 Å². The summed E-state index contributed by atoms with van der Waals surface area (Å²) in [5.74, 6) is -0.439. The summed E-state index contributed by atoms with van der Waals surface area (Å²) in [6, 6.07) is 7.86. The molecule has 11 heteroatoms. The van der Waals surface area contributed by atoms with Crippen molar-refractivity contribution < 1.29 is 18.7 Å².